The topological polar surface area (TPSA) is 73.2 Å². The zero-order valence-electron chi connectivity index (χ0n) is 14.0. The van der Waals surface area contributed by atoms with Crippen molar-refractivity contribution in [1.82, 2.24) is 9.78 Å². The first-order chi connectivity index (χ1) is 11.4. The number of benzene rings is 1. The van der Waals surface area contributed by atoms with Crippen molar-refractivity contribution in [3.8, 4) is 0 Å². The second-order valence-corrected chi connectivity index (χ2v) is 7.97. The molecule has 130 valence electrons. The van der Waals surface area contributed by atoms with Crippen LogP contribution in [0.25, 0.3) is 0 Å². The lowest BCUT2D eigenvalue weighted by molar-refractivity contribution is 0.00401. The van der Waals surface area contributed by atoms with E-state index in [4.69, 9.17) is 4.74 Å². The monoisotopic (exact) mass is 349 g/mol. The third-order valence-corrected chi connectivity index (χ3v) is 5.72. The van der Waals surface area contributed by atoms with Crippen LogP contribution in [0.4, 0.5) is 5.69 Å². The Morgan fingerprint density at radius 3 is 2.83 bits per heavy atom. The van der Waals surface area contributed by atoms with Crippen molar-refractivity contribution >= 4 is 15.7 Å². The quantitative estimate of drug-likeness (QED) is 0.901. The Kier molecular flexibility index (Phi) is 4.91. The van der Waals surface area contributed by atoms with Crippen molar-refractivity contribution in [2.45, 2.75) is 50.7 Å². The number of rotatable bonds is 5. The molecule has 24 heavy (non-hydrogen) atoms. The second-order valence-electron chi connectivity index (χ2n) is 6.29. The Balaban J connectivity index is 1.69. The molecule has 1 aromatic heterocycles. The molecule has 7 heteroatoms. The van der Waals surface area contributed by atoms with Crippen molar-refractivity contribution in [3.63, 3.8) is 0 Å². The Labute approximate surface area is 142 Å². The molecule has 1 atom stereocenters. The fourth-order valence-electron chi connectivity index (χ4n) is 2.77. The number of ether oxygens (including phenoxy) is 1. The predicted molar refractivity (Wildman–Crippen MR) is 92.5 cm³/mol. The van der Waals surface area contributed by atoms with E-state index < -0.39 is 10.0 Å². The fourth-order valence-corrected chi connectivity index (χ4v) is 3.88. The number of sulfonamides is 1. The molecule has 6 nitrogen and oxygen atoms in total. The Hall–Kier alpha value is -1.86. The molecule has 0 spiro atoms. The minimum absolute atomic E-state index is 0.155. The highest BCUT2D eigenvalue weighted by atomic mass is 32.2. The highest BCUT2D eigenvalue weighted by Crippen LogP contribution is 2.19. The zero-order chi connectivity index (χ0) is 17.2. The third-order valence-electron chi connectivity index (χ3n) is 4.34. The Morgan fingerprint density at radius 1 is 1.29 bits per heavy atom. The molecule has 0 unspecified atom stereocenters. The minimum atomic E-state index is -3.61. The first-order valence-corrected chi connectivity index (χ1v) is 9.66. The van der Waals surface area contributed by atoms with E-state index in [0.717, 1.165) is 37.0 Å². The first kappa shape index (κ1) is 17.0. The summed E-state index contributed by atoms with van der Waals surface area (Å²) in [5, 5.41) is 4.23. The number of nitrogens with zero attached hydrogens (tertiary/aromatic N) is 2. The largest absolute Gasteiger partial charge is 0.376 e. The summed E-state index contributed by atoms with van der Waals surface area (Å²) >= 11 is 0. The fraction of sp³-hybridized carbons (Fsp3) is 0.471. The van der Waals surface area contributed by atoms with Crippen LogP contribution >= 0.6 is 0 Å². The van der Waals surface area contributed by atoms with Gasteiger partial charge in [-0.2, -0.15) is 5.10 Å². The van der Waals surface area contributed by atoms with E-state index in [1.165, 1.54) is 6.20 Å². The third kappa shape index (κ3) is 3.96. The maximum Gasteiger partial charge on any atom is 0.262 e. The minimum Gasteiger partial charge on any atom is -0.376 e. The molecule has 1 N–H and O–H groups in total. The van der Waals surface area contributed by atoms with Crippen molar-refractivity contribution in [1.29, 1.82) is 0 Å². The summed E-state index contributed by atoms with van der Waals surface area (Å²) in [4.78, 5) is 0.258. The molecule has 1 aliphatic rings. The molecule has 1 fully saturated rings. The van der Waals surface area contributed by atoms with Crippen LogP contribution in [0.1, 0.15) is 30.4 Å². The van der Waals surface area contributed by atoms with Crippen molar-refractivity contribution in [2.75, 3.05) is 11.3 Å². The lowest BCUT2D eigenvalue weighted by atomic mass is 10.1. The van der Waals surface area contributed by atoms with Gasteiger partial charge in [-0.1, -0.05) is 6.07 Å². The molecule has 0 saturated carbocycles. The van der Waals surface area contributed by atoms with E-state index in [9.17, 15) is 8.42 Å². The van der Waals surface area contributed by atoms with Crippen LogP contribution in [-0.4, -0.2) is 30.9 Å². The summed E-state index contributed by atoms with van der Waals surface area (Å²) in [5.41, 5.74) is 2.47. The van der Waals surface area contributed by atoms with Crippen molar-refractivity contribution in [2.24, 2.45) is 0 Å². The molecule has 0 aliphatic carbocycles. The van der Waals surface area contributed by atoms with Gasteiger partial charge in [0.2, 0.25) is 0 Å². The summed E-state index contributed by atoms with van der Waals surface area (Å²) in [6.45, 7) is 5.29. The molecular weight excluding hydrogens is 326 g/mol. The van der Waals surface area contributed by atoms with Crippen LogP contribution in [0.3, 0.4) is 0 Å². The average molecular weight is 349 g/mol. The molecule has 2 aromatic rings. The van der Waals surface area contributed by atoms with Crippen molar-refractivity contribution < 1.29 is 13.2 Å². The number of aromatic nitrogens is 2. The normalized spacial score (nSPS) is 18.5. The number of hydrogen-bond donors (Lipinski definition) is 1. The molecule has 1 aliphatic heterocycles. The molecule has 3 rings (SSSR count). The number of hydrogen-bond acceptors (Lipinski definition) is 4. The van der Waals surface area contributed by atoms with E-state index in [1.807, 2.05) is 19.9 Å². The van der Waals surface area contributed by atoms with E-state index in [1.54, 1.807) is 23.0 Å². The van der Waals surface area contributed by atoms with Crippen molar-refractivity contribution in [3.05, 3.63) is 41.7 Å². The Bertz CT molecular complexity index is 808. The highest BCUT2D eigenvalue weighted by Gasteiger charge is 2.18. The van der Waals surface area contributed by atoms with Gasteiger partial charge < -0.3 is 4.74 Å². The SMILES string of the molecule is Cc1ccc(S(=O)(=O)Nc2cnn(C[C@H]3CCCCO3)c2)cc1C. The van der Waals surface area contributed by atoms with Gasteiger partial charge in [-0.3, -0.25) is 9.40 Å². The van der Waals surface area contributed by atoms with Crippen LogP contribution in [0.5, 0.6) is 0 Å². The second kappa shape index (κ2) is 6.94. The maximum absolute atomic E-state index is 12.5. The summed E-state index contributed by atoms with van der Waals surface area (Å²) in [6.07, 6.45) is 6.68. The van der Waals surface area contributed by atoms with Gasteiger partial charge in [0.15, 0.2) is 0 Å². The average Bonchev–Trinajstić information content (AvgIpc) is 2.97. The molecule has 0 bridgehead atoms. The molecule has 2 heterocycles. The molecule has 1 saturated heterocycles. The maximum atomic E-state index is 12.5. The lowest BCUT2D eigenvalue weighted by Gasteiger charge is -2.22. The first-order valence-electron chi connectivity index (χ1n) is 8.18. The van der Waals surface area contributed by atoms with Gasteiger partial charge in [0.1, 0.15) is 0 Å². The number of anilines is 1. The molecule has 0 radical (unpaired) electrons. The van der Waals surface area contributed by atoms with Crippen LogP contribution in [-0.2, 0) is 21.3 Å². The zero-order valence-corrected chi connectivity index (χ0v) is 14.8. The van der Waals surface area contributed by atoms with Gasteiger partial charge in [-0.25, -0.2) is 8.42 Å². The van der Waals surface area contributed by atoms with Crippen LogP contribution in [0, 0.1) is 13.8 Å². The van der Waals surface area contributed by atoms with Gasteiger partial charge in [0.25, 0.3) is 10.0 Å². The predicted octanol–water partition coefficient (Wildman–Crippen LogP) is 2.87. The number of nitrogens with one attached hydrogen (secondary N) is 1. The molecule has 0 amide bonds. The summed E-state index contributed by atoms with van der Waals surface area (Å²) in [5.74, 6) is 0. The van der Waals surface area contributed by atoms with Gasteiger partial charge >= 0.3 is 0 Å². The Morgan fingerprint density at radius 2 is 2.12 bits per heavy atom. The summed E-state index contributed by atoms with van der Waals surface area (Å²) in [7, 11) is -3.61. The summed E-state index contributed by atoms with van der Waals surface area (Å²) in [6, 6.07) is 5.11. The van der Waals surface area contributed by atoms with Gasteiger partial charge in [0.05, 0.1) is 29.4 Å². The summed E-state index contributed by atoms with van der Waals surface area (Å²) < 4.78 is 35.0. The van der Waals surface area contributed by atoms with E-state index in [2.05, 4.69) is 9.82 Å². The standard InChI is InChI=1S/C17H23N3O3S/c1-13-6-7-17(9-14(13)2)24(21,22)19-15-10-18-20(11-15)12-16-5-3-4-8-23-16/h6-7,9-11,16,19H,3-5,8,12H2,1-2H3/t16-/m1/s1. The van der Waals surface area contributed by atoms with E-state index in [0.29, 0.717) is 12.2 Å². The lowest BCUT2D eigenvalue weighted by Crippen LogP contribution is -2.24. The van der Waals surface area contributed by atoms with Gasteiger partial charge in [-0.15, -0.1) is 0 Å². The van der Waals surface area contributed by atoms with Gasteiger partial charge in [0, 0.05) is 12.8 Å². The van der Waals surface area contributed by atoms with E-state index >= 15 is 0 Å². The van der Waals surface area contributed by atoms with Crippen LogP contribution < -0.4 is 4.72 Å². The smallest absolute Gasteiger partial charge is 0.262 e. The highest BCUT2D eigenvalue weighted by molar-refractivity contribution is 7.92. The van der Waals surface area contributed by atoms with Crippen LogP contribution in [0.2, 0.25) is 0 Å². The molecule has 1 aromatic carbocycles. The molecular formula is C17H23N3O3S. The van der Waals surface area contributed by atoms with E-state index in [-0.39, 0.29) is 11.0 Å². The van der Waals surface area contributed by atoms with Gasteiger partial charge in [-0.05, 0) is 56.4 Å². The van der Waals surface area contributed by atoms with Crippen LogP contribution in [0.15, 0.2) is 35.5 Å². The number of aryl methyl sites for hydroxylation is 2.